The van der Waals surface area contributed by atoms with Crippen LogP contribution in [0.4, 0.5) is 0 Å². The maximum absolute atomic E-state index is 8.65. The summed E-state index contributed by atoms with van der Waals surface area (Å²) in [5.74, 6) is 0.658. The van der Waals surface area contributed by atoms with Crippen LogP contribution in [-0.2, 0) is 6.54 Å². The molecule has 0 aliphatic heterocycles. The first-order chi connectivity index (χ1) is 6.77. The fourth-order valence-electron chi connectivity index (χ4n) is 1.000. The molecule has 1 N–H and O–H groups in total. The summed E-state index contributed by atoms with van der Waals surface area (Å²) in [6.45, 7) is 9.11. The van der Waals surface area contributed by atoms with Gasteiger partial charge in [0.2, 0.25) is 5.88 Å². The zero-order valence-corrected chi connectivity index (χ0v) is 9.45. The zero-order valence-electron chi connectivity index (χ0n) is 9.45. The second-order valence-electron chi connectivity index (χ2n) is 2.54. The van der Waals surface area contributed by atoms with Crippen LogP contribution >= 0.6 is 0 Å². The van der Waals surface area contributed by atoms with Gasteiger partial charge in [-0.05, 0) is 13.8 Å². The molecule has 0 fully saturated rings. The van der Waals surface area contributed by atoms with Gasteiger partial charge in [0, 0.05) is 11.8 Å². The van der Waals surface area contributed by atoms with E-state index < -0.39 is 0 Å². The van der Waals surface area contributed by atoms with E-state index in [2.05, 4.69) is 5.10 Å². The van der Waals surface area contributed by atoms with Gasteiger partial charge in [-0.25, -0.2) is 0 Å². The minimum absolute atomic E-state index is 0.104. The average molecular weight is 200 g/mol. The number of ether oxygens (including phenoxy) is 1. The second kappa shape index (κ2) is 7.38. The van der Waals surface area contributed by atoms with Crippen LogP contribution in [0.25, 0.3) is 0 Å². The molecule has 0 saturated carbocycles. The van der Waals surface area contributed by atoms with E-state index >= 15 is 0 Å². The largest absolute Gasteiger partial charge is 0.477 e. The first-order valence-corrected chi connectivity index (χ1v) is 5.05. The summed E-state index contributed by atoms with van der Waals surface area (Å²) in [6.07, 6.45) is 1.86. The second-order valence-corrected chi connectivity index (χ2v) is 2.54. The molecular formula is C10H20N2O2. The van der Waals surface area contributed by atoms with Crippen molar-refractivity contribution in [3.8, 4) is 5.88 Å². The molecule has 4 nitrogen and oxygen atoms in total. The van der Waals surface area contributed by atoms with Crippen molar-refractivity contribution in [1.29, 1.82) is 0 Å². The van der Waals surface area contributed by atoms with Crippen LogP contribution in [0.2, 0.25) is 0 Å². The van der Waals surface area contributed by atoms with Gasteiger partial charge in [-0.3, -0.25) is 4.68 Å². The van der Waals surface area contributed by atoms with Gasteiger partial charge in [0.1, 0.15) is 0 Å². The maximum Gasteiger partial charge on any atom is 0.235 e. The molecular weight excluding hydrogens is 180 g/mol. The van der Waals surface area contributed by atoms with Crippen molar-refractivity contribution in [2.24, 2.45) is 0 Å². The predicted molar refractivity (Wildman–Crippen MR) is 56.6 cm³/mol. The number of aliphatic hydroxyl groups excluding tert-OH is 1. The maximum atomic E-state index is 8.65. The molecule has 0 amide bonds. The van der Waals surface area contributed by atoms with Crippen molar-refractivity contribution < 1.29 is 9.84 Å². The molecule has 0 spiro atoms. The lowest BCUT2D eigenvalue weighted by Crippen LogP contribution is -2.02. The number of rotatable bonds is 4. The van der Waals surface area contributed by atoms with Gasteiger partial charge in [-0.1, -0.05) is 13.8 Å². The Hall–Kier alpha value is -1.03. The highest BCUT2D eigenvalue weighted by atomic mass is 16.5. The third-order valence-electron chi connectivity index (χ3n) is 1.51. The van der Waals surface area contributed by atoms with Crippen LogP contribution in [0.1, 0.15) is 26.3 Å². The van der Waals surface area contributed by atoms with Crippen LogP contribution in [0.5, 0.6) is 5.88 Å². The van der Waals surface area contributed by atoms with Crippen molar-refractivity contribution in [1.82, 2.24) is 9.78 Å². The van der Waals surface area contributed by atoms with Crippen LogP contribution in [0.15, 0.2) is 6.20 Å². The molecule has 1 aromatic heterocycles. The SMILES string of the molecule is CC.CCOc1nn(CCO)cc1C. The highest BCUT2D eigenvalue weighted by Crippen LogP contribution is 2.13. The molecule has 0 saturated heterocycles. The highest BCUT2D eigenvalue weighted by molar-refractivity contribution is 5.20. The topological polar surface area (TPSA) is 47.3 Å². The summed E-state index contributed by atoms with van der Waals surface area (Å²) >= 11 is 0. The summed E-state index contributed by atoms with van der Waals surface area (Å²) in [5.41, 5.74) is 1.00. The molecule has 4 heteroatoms. The number of hydrogen-bond acceptors (Lipinski definition) is 3. The average Bonchev–Trinajstić information content (AvgIpc) is 2.52. The molecule has 0 radical (unpaired) electrons. The molecule has 82 valence electrons. The van der Waals surface area contributed by atoms with E-state index in [0.29, 0.717) is 19.0 Å². The summed E-state index contributed by atoms with van der Waals surface area (Å²) in [6, 6.07) is 0. The van der Waals surface area contributed by atoms with Crippen molar-refractivity contribution in [3.63, 3.8) is 0 Å². The van der Waals surface area contributed by atoms with Crippen molar-refractivity contribution in [3.05, 3.63) is 11.8 Å². The predicted octanol–water partition coefficient (Wildman–Crippen LogP) is 1.61. The Bertz CT molecular complexity index is 246. The Kier molecular flexibility index (Phi) is 6.84. The Balaban J connectivity index is 0.000000791. The van der Waals surface area contributed by atoms with E-state index in [1.54, 1.807) is 4.68 Å². The number of aryl methyl sites for hydroxylation is 1. The van der Waals surface area contributed by atoms with Crippen molar-refractivity contribution in [2.75, 3.05) is 13.2 Å². The Morgan fingerprint density at radius 3 is 2.64 bits per heavy atom. The molecule has 0 aliphatic rings. The number of aromatic nitrogens is 2. The third kappa shape index (κ3) is 3.79. The number of hydrogen-bond donors (Lipinski definition) is 1. The Morgan fingerprint density at radius 1 is 1.50 bits per heavy atom. The molecule has 1 aromatic rings. The van der Waals surface area contributed by atoms with Gasteiger partial charge < -0.3 is 9.84 Å². The lowest BCUT2D eigenvalue weighted by atomic mass is 10.4. The van der Waals surface area contributed by atoms with E-state index in [4.69, 9.17) is 9.84 Å². The number of aliphatic hydroxyl groups is 1. The molecule has 0 aromatic carbocycles. The normalized spacial score (nSPS) is 9.21. The highest BCUT2D eigenvalue weighted by Gasteiger charge is 2.03. The minimum atomic E-state index is 0.104. The Labute approximate surface area is 85.5 Å². The van der Waals surface area contributed by atoms with Gasteiger partial charge in [-0.2, -0.15) is 0 Å². The number of nitrogens with zero attached hydrogens (tertiary/aromatic N) is 2. The fraction of sp³-hybridized carbons (Fsp3) is 0.700. The fourth-order valence-corrected chi connectivity index (χ4v) is 1.000. The molecule has 0 aliphatic carbocycles. The van der Waals surface area contributed by atoms with Gasteiger partial charge >= 0.3 is 0 Å². The van der Waals surface area contributed by atoms with Gasteiger partial charge in [0.25, 0.3) is 0 Å². The van der Waals surface area contributed by atoms with Crippen molar-refractivity contribution in [2.45, 2.75) is 34.2 Å². The summed E-state index contributed by atoms with van der Waals surface area (Å²) in [4.78, 5) is 0. The van der Waals surface area contributed by atoms with E-state index in [1.807, 2.05) is 33.9 Å². The standard InChI is InChI=1S/C8H14N2O2.C2H6/c1-3-12-8-7(2)6-10(9-8)4-5-11;1-2/h6,11H,3-5H2,1-2H3;1-2H3. The monoisotopic (exact) mass is 200 g/mol. The molecule has 1 heterocycles. The molecule has 0 bridgehead atoms. The lowest BCUT2D eigenvalue weighted by Gasteiger charge is -1.97. The lowest BCUT2D eigenvalue weighted by molar-refractivity contribution is 0.264. The quantitative estimate of drug-likeness (QED) is 0.803. The van der Waals surface area contributed by atoms with Crippen LogP contribution in [-0.4, -0.2) is 28.1 Å². The first kappa shape index (κ1) is 13.0. The summed E-state index contributed by atoms with van der Waals surface area (Å²) in [5, 5.41) is 12.8. The molecule has 0 atom stereocenters. The van der Waals surface area contributed by atoms with E-state index in [0.717, 1.165) is 5.56 Å². The summed E-state index contributed by atoms with van der Waals surface area (Å²) in [7, 11) is 0. The smallest absolute Gasteiger partial charge is 0.235 e. The molecule has 0 unspecified atom stereocenters. The first-order valence-electron chi connectivity index (χ1n) is 5.05. The van der Waals surface area contributed by atoms with Crippen LogP contribution < -0.4 is 4.74 Å². The minimum Gasteiger partial charge on any atom is -0.477 e. The van der Waals surface area contributed by atoms with Gasteiger partial charge in [0.05, 0.1) is 19.8 Å². The molecule has 14 heavy (non-hydrogen) atoms. The zero-order chi connectivity index (χ0) is 11.0. The Morgan fingerprint density at radius 2 is 2.14 bits per heavy atom. The van der Waals surface area contributed by atoms with E-state index in [1.165, 1.54) is 0 Å². The van der Waals surface area contributed by atoms with Gasteiger partial charge in [0.15, 0.2) is 0 Å². The van der Waals surface area contributed by atoms with Crippen molar-refractivity contribution >= 4 is 0 Å². The van der Waals surface area contributed by atoms with Crippen LogP contribution in [0.3, 0.4) is 0 Å². The molecule has 1 rings (SSSR count). The third-order valence-corrected chi connectivity index (χ3v) is 1.51. The summed E-state index contributed by atoms with van der Waals surface area (Å²) < 4.78 is 6.93. The van der Waals surface area contributed by atoms with Crippen LogP contribution in [0, 0.1) is 6.92 Å². The van der Waals surface area contributed by atoms with Gasteiger partial charge in [-0.15, -0.1) is 5.10 Å². The van der Waals surface area contributed by atoms with E-state index in [9.17, 15) is 0 Å². The van der Waals surface area contributed by atoms with E-state index in [-0.39, 0.29) is 6.61 Å².